The molecular weight excluding hydrogens is 174 g/mol. The van der Waals surface area contributed by atoms with Gasteiger partial charge < -0.3 is 0 Å². The molecule has 0 spiro atoms. The normalized spacial score (nSPS) is 37.4. The molecule has 3 rings (SSSR count). The van der Waals surface area contributed by atoms with Gasteiger partial charge in [-0.1, -0.05) is 6.42 Å². The Morgan fingerprint density at radius 1 is 1.07 bits per heavy atom. The zero-order chi connectivity index (χ0) is 9.54. The van der Waals surface area contributed by atoms with Gasteiger partial charge in [0.05, 0.1) is 6.54 Å². The summed E-state index contributed by atoms with van der Waals surface area (Å²) >= 11 is 0. The van der Waals surface area contributed by atoms with Crippen molar-refractivity contribution in [1.29, 1.82) is 0 Å². The molecule has 0 aromatic carbocycles. The minimum atomic E-state index is 0.454. The standard InChI is InChI=1S/C12H19NO/c14-12(9-4-5-9)8-13-6-10-2-1-3-11(10)7-13/h9-11H,1-8H2. The van der Waals surface area contributed by atoms with E-state index in [1.807, 2.05) is 0 Å². The minimum Gasteiger partial charge on any atom is -0.298 e. The van der Waals surface area contributed by atoms with Crippen LogP contribution in [0.25, 0.3) is 0 Å². The van der Waals surface area contributed by atoms with Crippen molar-refractivity contribution >= 4 is 5.78 Å². The zero-order valence-electron chi connectivity index (χ0n) is 8.74. The summed E-state index contributed by atoms with van der Waals surface area (Å²) in [6.07, 6.45) is 6.59. The molecule has 2 aliphatic carbocycles. The van der Waals surface area contributed by atoms with Crippen LogP contribution in [0.5, 0.6) is 0 Å². The van der Waals surface area contributed by atoms with E-state index in [2.05, 4.69) is 4.90 Å². The lowest BCUT2D eigenvalue weighted by molar-refractivity contribution is -0.121. The van der Waals surface area contributed by atoms with Crippen LogP contribution in [0, 0.1) is 17.8 Å². The third-order valence-electron chi connectivity index (χ3n) is 4.21. The second-order valence-corrected chi connectivity index (χ2v) is 5.39. The maximum absolute atomic E-state index is 11.6. The molecule has 3 aliphatic rings. The van der Waals surface area contributed by atoms with Crippen LogP contribution >= 0.6 is 0 Å². The number of Topliss-reactive ketones (excluding diaryl/α,β-unsaturated/α-hetero) is 1. The Labute approximate surface area is 85.7 Å². The minimum absolute atomic E-state index is 0.454. The second kappa shape index (κ2) is 3.34. The van der Waals surface area contributed by atoms with Gasteiger partial charge in [0.25, 0.3) is 0 Å². The average Bonchev–Trinajstić information content (AvgIpc) is 2.80. The third-order valence-corrected chi connectivity index (χ3v) is 4.21. The van der Waals surface area contributed by atoms with E-state index in [4.69, 9.17) is 0 Å². The molecule has 2 heteroatoms. The van der Waals surface area contributed by atoms with Crippen molar-refractivity contribution in [1.82, 2.24) is 4.90 Å². The van der Waals surface area contributed by atoms with Gasteiger partial charge in [0.1, 0.15) is 5.78 Å². The smallest absolute Gasteiger partial charge is 0.149 e. The first-order valence-corrected chi connectivity index (χ1v) is 6.08. The Hall–Kier alpha value is -0.370. The number of rotatable bonds is 3. The number of hydrogen-bond acceptors (Lipinski definition) is 2. The number of nitrogens with zero attached hydrogens (tertiary/aromatic N) is 1. The van der Waals surface area contributed by atoms with Crippen molar-refractivity contribution in [3.8, 4) is 0 Å². The van der Waals surface area contributed by atoms with E-state index in [0.29, 0.717) is 11.7 Å². The average molecular weight is 193 g/mol. The molecule has 0 N–H and O–H groups in total. The fourth-order valence-electron chi connectivity index (χ4n) is 3.22. The molecule has 0 aromatic heterocycles. The Bertz CT molecular complexity index is 235. The van der Waals surface area contributed by atoms with Crippen molar-refractivity contribution in [2.75, 3.05) is 19.6 Å². The number of carbonyl (C=O) groups is 1. The predicted molar refractivity (Wildman–Crippen MR) is 55.0 cm³/mol. The van der Waals surface area contributed by atoms with Gasteiger partial charge in [0.2, 0.25) is 0 Å². The predicted octanol–water partition coefficient (Wildman–Crippen LogP) is 1.70. The highest BCUT2D eigenvalue weighted by atomic mass is 16.1. The summed E-state index contributed by atoms with van der Waals surface area (Å²) < 4.78 is 0. The van der Waals surface area contributed by atoms with E-state index < -0.39 is 0 Å². The second-order valence-electron chi connectivity index (χ2n) is 5.39. The van der Waals surface area contributed by atoms with Crippen LogP contribution in [-0.4, -0.2) is 30.3 Å². The molecule has 2 unspecified atom stereocenters. The first-order chi connectivity index (χ1) is 6.83. The highest BCUT2D eigenvalue weighted by Crippen LogP contribution is 2.38. The van der Waals surface area contributed by atoms with Crippen LogP contribution in [0.1, 0.15) is 32.1 Å². The SMILES string of the molecule is O=C(CN1CC2CCCC2C1)C1CC1. The molecule has 0 bridgehead atoms. The zero-order valence-corrected chi connectivity index (χ0v) is 8.74. The van der Waals surface area contributed by atoms with E-state index in [9.17, 15) is 4.79 Å². The van der Waals surface area contributed by atoms with Gasteiger partial charge in [-0.25, -0.2) is 0 Å². The van der Waals surface area contributed by atoms with Gasteiger partial charge in [-0.2, -0.15) is 0 Å². The van der Waals surface area contributed by atoms with Gasteiger partial charge in [0, 0.05) is 19.0 Å². The highest BCUT2D eigenvalue weighted by molar-refractivity contribution is 5.85. The topological polar surface area (TPSA) is 20.3 Å². The molecule has 0 amide bonds. The van der Waals surface area contributed by atoms with Crippen LogP contribution in [0.15, 0.2) is 0 Å². The molecule has 1 aliphatic heterocycles. The molecule has 3 fully saturated rings. The number of hydrogen-bond donors (Lipinski definition) is 0. The summed E-state index contributed by atoms with van der Waals surface area (Å²) in [5.41, 5.74) is 0. The summed E-state index contributed by atoms with van der Waals surface area (Å²) in [5.74, 6) is 2.84. The van der Waals surface area contributed by atoms with Crippen LogP contribution in [0.2, 0.25) is 0 Å². The van der Waals surface area contributed by atoms with Crippen molar-refractivity contribution in [2.24, 2.45) is 17.8 Å². The van der Waals surface area contributed by atoms with E-state index in [-0.39, 0.29) is 0 Å². The van der Waals surface area contributed by atoms with E-state index in [0.717, 1.165) is 18.4 Å². The maximum atomic E-state index is 11.6. The van der Waals surface area contributed by atoms with Crippen molar-refractivity contribution in [2.45, 2.75) is 32.1 Å². The Morgan fingerprint density at radius 3 is 2.29 bits per heavy atom. The Balaban J connectivity index is 1.52. The summed E-state index contributed by atoms with van der Waals surface area (Å²) in [6.45, 7) is 3.18. The number of carbonyl (C=O) groups excluding carboxylic acids is 1. The summed E-state index contributed by atoms with van der Waals surface area (Å²) in [5, 5.41) is 0. The van der Waals surface area contributed by atoms with Gasteiger partial charge in [-0.15, -0.1) is 0 Å². The van der Waals surface area contributed by atoms with Crippen LogP contribution in [0.4, 0.5) is 0 Å². The molecule has 2 atom stereocenters. The molecule has 1 saturated heterocycles. The van der Waals surface area contributed by atoms with E-state index >= 15 is 0 Å². The van der Waals surface area contributed by atoms with Gasteiger partial charge >= 0.3 is 0 Å². The lowest BCUT2D eigenvalue weighted by Gasteiger charge is -2.15. The van der Waals surface area contributed by atoms with Crippen molar-refractivity contribution in [3.63, 3.8) is 0 Å². The van der Waals surface area contributed by atoms with Crippen LogP contribution in [-0.2, 0) is 4.79 Å². The highest BCUT2D eigenvalue weighted by Gasteiger charge is 2.38. The first kappa shape index (κ1) is 8.90. The molecule has 2 nitrogen and oxygen atoms in total. The van der Waals surface area contributed by atoms with Gasteiger partial charge in [-0.3, -0.25) is 9.69 Å². The lowest BCUT2D eigenvalue weighted by atomic mass is 10.0. The molecule has 2 saturated carbocycles. The summed E-state index contributed by atoms with van der Waals surface area (Å²) in [6, 6.07) is 0. The molecule has 14 heavy (non-hydrogen) atoms. The van der Waals surface area contributed by atoms with Crippen molar-refractivity contribution < 1.29 is 4.79 Å². The van der Waals surface area contributed by atoms with Crippen LogP contribution < -0.4 is 0 Å². The largest absolute Gasteiger partial charge is 0.298 e. The van der Waals surface area contributed by atoms with E-state index in [1.165, 1.54) is 45.2 Å². The number of fused-ring (bicyclic) bond motifs is 1. The lowest BCUT2D eigenvalue weighted by Crippen LogP contribution is -2.29. The molecular formula is C12H19NO. The quantitative estimate of drug-likeness (QED) is 0.680. The molecule has 0 radical (unpaired) electrons. The van der Waals surface area contributed by atoms with Crippen LogP contribution in [0.3, 0.4) is 0 Å². The summed E-state index contributed by atoms with van der Waals surface area (Å²) in [4.78, 5) is 14.1. The van der Waals surface area contributed by atoms with E-state index in [1.54, 1.807) is 0 Å². The summed E-state index contributed by atoms with van der Waals surface area (Å²) in [7, 11) is 0. The number of likely N-dealkylation sites (tertiary alicyclic amines) is 1. The fourth-order valence-corrected chi connectivity index (χ4v) is 3.22. The molecule has 0 aromatic rings. The van der Waals surface area contributed by atoms with Gasteiger partial charge in [0.15, 0.2) is 0 Å². The van der Waals surface area contributed by atoms with Crippen molar-refractivity contribution in [3.05, 3.63) is 0 Å². The number of ketones is 1. The molecule has 1 heterocycles. The first-order valence-electron chi connectivity index (χ1n) is 6.08. The third kappa shape index (κ3) is 1.60. The Morgan fingerprint density at radius 2 is 1.71 bits per heavy atom. The molecule has 78 valence electrons. The monoisotopic (exact) mass is 193 g/mol. The Kier molecular flexibility index (Phi) is 2.12. The van der Waals surface area contributed by atoms with Gasteiger partial charge in [-0.05, 0) is 37.5 Å². The fraction of sp³-hybridized carbons (Fsp3) is 0.917. The maximum Gasteiger partial charge on any atom is 0.149 e.